The molecule has 4 nitrogen and oxygen atoms in total. The van der Waals surface area contributed by atoms with Crippen LogP contribution in [0.2, 0.25) is 10.0 Å². The van der Waals surface area contributed by atoms with Gasteiger partial charge in [0.2, 0.25) is 0 Å². The monoisotopic (exact) mass is 380 g/mol. The number of hydrogen-bond donors (Lipinski definition) is 0. The summed E-state index contributed by atoms with van der Waals surface area (Å²) in [5.74, 6) is -0.836. The molecule has 1 fully saturated rings. The van der Waals surface area contributed by atoms with Crippen LogP contribution in [-0.4, -0.2) is 47.8 Å². The smallest absolute Gasteiger partial charge is 0.254 e. The van der Waals surface area contributed by atoms with Crippen LogP contribution in [0.25, 0.3) is 0 Å². The van der Waals surface area contributed by atoms with Gasteiger partial charge >= 0.3 is 0 Å². The molecule has 0 saturated carbocycles. The van der Waals surface area contributed by atoms with Crippen molar-refractivity contribution in [1.29, 1.82) is 0 Å². The minimum absolute atomic E-state index is 0.156. The molecular formula is C18H15Cl2FN2O2. The average Bonchev–Trinajstić information content (AvgIpc) is 2.63. The average molecular weight is 381 g/mol. The molecule has 0 N–H and O–H groups in total. The van der Waals surface area contributed by atoms with Gasteiger partial charge in [-0.1, -0.05) is 29.3 Å². The second-order valence-electron chi connectivity index (χ2n) is 5.72. The van der Waals surface area contributed by atoms with Crippen molar-refractivity contribution >= 4 is 35.0 Å². The molecule has 130 valence electrons. The van der Waals surface area contributed by atoms with Crippen LogP contribution < -0.4 is 0 Å². The number of hydrogen-bond acceptors (Lipinski definition) is 2. The van der Waals surface area contributed by atoms with E-state index in [2.05, 4.69) is 0 Å². The summed E-state index contributed by atoms with van der Waals surface area (Å²) in [6, 6.07) is 10.4. The molecule has 0 spiro atoms. The normalized spacial score (nSPS) is 14.5. The first-order valence-corrected chi connectivity index (χ1v) is 8.50. The second kappa shape index (κ2) is 7.42. The number of carbonyl (C=O) groups is 2. The summed E-state index contributed by atoms with van der Waals surface area (Å²) < 4.78 is 13.3. The van der Waals surface area contributed by atoms with E-state index in [4.69, 9.17) is 23.2 Å². The molecule has 2 aromatic rings. The molecule has 0 atom stereocenters. The number of benzene rings is 2. The zero-order valence-corrected chi connectivity index (χ0v) is 14.7. The first kappa shape index (κ1) is 17.7. The lowest BCUT2D eigenvalue weighted by Gasteiger charge is -2.35. The molecule has 1 heterocycles. The van der Waals surface area contributed by atoms with E-state index in [-0.39, 0.29) is 11.8 Å². The third kappa shape index (κ3) is 3.94. The molecule has 1 aliphatic heterocycles. The number of rotatable bonds is 2. The first-order chi connectivity index (χ1) is 12.0. The maximum Gasteiger partial charge on any atom is 0.254 e. The van der Waals surface area contributed by atoms with Gasteiger partial charge in [-0.05, 0) is 36.4 Å². The van der Waals surface area contributed by atoms with E-state index in [1.807, 2.05) is 0 Å². The van der Waals surface area contributed by atoms with Crippen LogP contribution in [0.15, 0.2) is 42.5 Å². The van der Waals surface area contributed by atoms with E-state index < -0.39 is 5.82 Å². The topological polar surface area (TPSA) is 40.6 Å². The van der Waals surface area contributed by atoms with Crippen LogP contribution in [0.5, 0.6) is 0 Å². The van der Waals surface area contributed by atoms with Crippen molar-refractivity contribution in [1.82, 2.24) is 9.80 Å². The Hall–Kier alpha value is -2.11. The van der Waals surface area contributed by atoms with Gasteiger partial charge in [-0.2, -0.15) is 0 Å². The molecule has 2 aromatic carbocycles. The fourth-order valence-electron chi connectivity index (χ4n) is 2.73. The van der Waals surface area contributed by atoms with E-state index in [9.17, 15) is 14.0 Å². The Bertz CT molecular complexity index is 820. The summed E-state index contributed by atoms with van der Waals surface area (Å²) in [7, 11) is 0. The largest absolute Gasteiger partial charge is 0.335 e. The highest BCUT2D eigenvalue weighted by molar-refractivity contribution is 6.42. The van der Waals surface area contributed by atoms with Gasteiger partial charge < -0.3 is 9.80 Å². The van der Waals surface area contributed by atoms with Crippen LogP contribution in [0, 0.1) is 5.82 Å². The number of carbonyl (C=O) groups excluding carboxylic acids is 2. The summed E-state index contributed by atoms with van der Waals surface area (Å²) in [5.41, 5.74) is 0.767. The van der Waals surface area contributed by atoms with E-state index in [0.717, 1.165) is 0 Å². The standard InChI is InChI=1S/C18H15Cl2FN2O2/c19-15-5-4-13(11-16(15)20)18(25)23-8-6-22(7-9-23)17(24)12-2-1-3-14(21)10-12/h1-5,10-11H,6-9H2. The quantitative estimate of drug-likeness (QED) is 0.796. The molecule has 3 rings (SSSR count). The van der Waals surface area contributed by atoms with Crippen molar-refractivity contribution in [3.05, 3.63) is 69.5 Å². The SMILES string of the molecule is O=C(c1cccc(F)c1)N1CCN(C(=O)c2ccc(Cl)c(Cl)c2)CC1. The molecule has 0 radical (unpaired) electrons. The summed E-state index contributed by atoms with van der Waals surface area (Å²) in [6.45, 7) is 1.59. The predicted octanol–water partition coefficient (Wildman–Crippen LogP) is 3.73. The number of nitrogens with zero attached hydrogens (tertiary/aromatic N) is 2. The Morgan fingerprint density at radius 2 is 1.36 bits per heavy atom. The Kier molecular flexibility index (Phi) is 5.25. The maximum atomic E-state index is 13.3. The minimum Gasteiger partial charge on any atom is -0.335 e. The van der Waals surface area contributed by atoms with Gasteiger partial charge in [0.25, 0.3) is 11.8 Å². The highest BCUT2D eigenvalue weighted by Crippen LogP contribution is 2.23. The van der Waals surface area contributed by atoms with E-state index >= 15 is 0 Å². The summed E-state index contributed by atoms with van der Waals surface area (Å²) >= 11 is 11.8. The minimum atomic E-state index is -0.445. The van der Waals surface area contributed by atoms with Crippen molar-refractivity contribution < 1.29 is 14.0 Å². The number of halogens is 3. The molecular weight excluding hydrogens is 366 g/mol. The van der Waals surface area contributed by atoms with Crippen LogP contribution in [-0.2, 0) is 0 Å². The summed E-state index contributed by atoms with van der Waals surface area (Å²) in [5, 5.41) is 0.719. The molecule has 25 heavy (non-hydrogen) atoms. The van der Waals surface area contributed by atoms with E-state index in [1.54, 1.807) is 28.0 Å². The second-order valence-corrected chi connectivity index (χ2v) is 6.54. The van der Waals surface area contributed by atoms with Crippen molar-refractivity contribution in [2.45, 2.75) is 0 Å². The van der Waals surface area contributed by atoms with E-state index in [1.165, 1.54) is 24.3 Å². The van der Waals surface area contributed by atoms with Crippen LogP contribution in [0.3, 0.4) is 0 Å². The van der Waals surface area contributed by atoms with Crippen molar-refractivity contribution in [2.24, 2.45) is 0 Å². The molecule has 0 aliphatic carbocycles. The lowest BCUT2D eigenvalue weighted by molar-refractivity contribution is 0.0535. The Balaban J connectivity index is 1.64. The van der Waals surface area contributed by atoms with Gasteiger partial charge in [0, 0.05) is 37.3 Å². The zero-order chi connectivity index (χ0) is 18.0. The molecule has 0 unspecified atom stereocenters. The number of piperazine rings is 1. The van der Waals surface area contributed by atoms with Crippen molar-refractivity contribution in [2.75, 3.05) is 26.2 Å². The lowest BCUT2D eigenvalue weighted by atomic mass is 10.1. The van der Waals surface area contributed by atoms with Crippen LogP contribution >= 0.6 is 23.2 Å². The third-order valence-corrected chi connectivity index (χ3v) is 4.83. The predicted molar refractivity (Wildman–Crippen MR) is 94.7 cm³/mol. The van der Waals surface area contributed by atoms with Crippen molar-refractivity contribution in [3.63, 3.8) is 0 Å². The summed E-state index contributed by atoms with van der Waals surface area (Å²) in [6.07, 6.45) is 0. The molecule has 0 bridgehead atoms. The zero-order valence-electron chi connectivity index (χ0n) is 13.2. The van der Waals surface area contributed by atoms with Gasteiger partial charge in [-0.25, -0.2) is 4.39 Å². The molecule has 0 aromatic heterocycles. The van der Waals surface area contributed by atoms with Gasteiger partial charge in [-0.3, -0.25) is 9.59 Å². The third-order valence-electron chi connectivity index (χ3n) is 4.09. The highest BCUT2D eigenvalue weighted by atomic mass is 35.5. The van der Waals surface area contributed by atoms with Gasteiger partial charge in [0.15, 0.2) is 0 Å². The molecule has 1 saturated heterocycles. The van der Waals surface area contributed by atoms with Gasteiger partial charge in [0.1, 0.15) is 5.82 Å². The fourth-order valence-corrected chi connectivity index (χ4v) is 3.03. The van der Waals surface area contributed by atoms with Gasteiger partial charge in [0.05, 0.1) is 10.0 Å². The molecule has 2 amide bonds. The maximum absolute atomic E-state index is 13.3. The lowest BCUT2D eigenvalue weighted by Crippen LogP contribution is -2.50. The summed E-state index contributed by atoms with van der Waals surface area (Å²) in [4.78, 5) is 28.2. The Morgan fingerprint density at radius 1 is 0.800 bits per heavy atom. The van der Waals surface area contributed by atoms with Crippen molar-refractivity contribution in [3.8, 4) is 0 Å². The Labute approximate surface area is 154 Å². The molecule has 7 heteroatoms. The van der Waals surface area contributed by atoms with Gasteiger partial charge in [-0.15, -0.1) is 0 Å². The first-order valence-electron chi connectivity index (χ1n) is 7.75. The Morgan fingerprint density at radius 3 is 1.88 bits per heavy atom. The van der Waals surface area contributed by atoms with Crippen LogP contribution in [0.4, 0.5) is 4.39 Å². The van der Waals surface area contributed by atoms with Crippen LogP contribution in [0.1, 0.15) is 20.7 Å². The van der Waals surface area contributed by atoms with E-state index in [0.29, 0.717) is 47.4 Å². The fraction of sp³-hybridized carbons (Fsp3) is 0.222. The molecule has 1 aliphatic rings. The number of amides is 2. The highest BCUT2D eigenvalue weighted by Gasteiger charge is 2.25.